The number of carbonyl (C=O) groups is 1. The van der Waals surface area contributed by atoms with Crippen molar-refractivity contribution >= 4 is 5.97 Å². The fourth-order valence-corrected chi connectivity index (χ4v) is 3.37. The van der Waals surface area contributed by atoms with E-state index in [2.05, 4.69) is 13.5 Å². The SMILES string of the molecule is C=CCCCCCCCCCOC(=O)CC(C)(O)CCCCCCCCC. The zero-order chi connectivity index (χ0) is 20.2. The van der Waals surface area contributed by atoms with E-state index in [-0.39, 0.29) is 12.4 Å². The second-order valence-electron chi connectivity index (χ2n) is 8.32. The molecule has 1 unspecified atom stereocenters. The van der Waals surface area contributed by atoms with Crippen LogP contribution in [0.5, 0.6) is 0 Å². The van der Waals surface area contributed by atoms with E-state index in [0.29, 0.717) is 13.0 Å². The molecule has 0 aromatic heterocycles. The lowest BCUT2D eigenvalue weighted by Crippen LogP contribution is -2.28. The summed E-state index contributed by atoms with van der Waals surface area (Å²) >= 11 is 0. The second-order valence-corrected chi connectivity index (χ2v) is 8.32. The van der Waals surface area contributed by atoms with Crippen LogP contribution in [0.1, 0.15) is 123 Å². The largest absolute Gasteiger partial charge is 0.466 e. The van der Waals surface area contributed by atoms with Gasteiger partial charge in [0, 0.05) is 0 Å². The van der Waals surface area contributed by atoms with Gasteiger partial charge in [0.15, 0.2) is 0 Å². The molecule has 0 radical (unpaired) electrons. The number of carbonyl (C=O) groups excluding carboxylic acids is 1. The van der Waals surface area contributed by atoms with E-state index in [9.17, 15) is 9.90 Å². The number of hydrogen-bond donors (Lipinski definition) is 1. The molecular formula is C24H46O3. The van der Waals surface area contributed by atoms with Gasteiger partial charge in [-0.15, -0.1) is 6.58 Å². The van der Waals surface area contributed by atoms with E-state index in [1.54, 1.807) is 6.92 Å². The maximum absolute atomic E-state index is 11.9. The van der Waals surface area contributed by atoms with Gasteiger partial charge >= 0.3 is 5.97 Å². The van der Waals surface area contributed by atoms with Crippen LogP contribution in [0.15, 0.2) is 12.7 Å². The van der Waals surface area contributed by atoms with Gasteiger partial charge in [0.25, 0.3) is 0 Å². The van der Waals surface area contributed by atoms with Gasteiger partial charge in [0.2, 0.25) is 0 Å². The Morgan fingerprint density at radius 1 is 0.889 bits per heavy atom. The van der Waals surface area contributed by atoms with Crippen molar-refractivity contribution in [3.8, 4) is 0 Å². The number of hydrogen-bond acceptors (Lipinski definition) is 3. The summed E-state index contributed by atoms with van der Waals surface area (Å²) in [4.78, 5) is 11.9. The van der Waals surface area contributed by atoms with Gasteiger partial charge in [-0.3, -0.25) is 4.79 Å². The second kappa shape index (κ2) is 18.5. The minimum absolute atomic E-state index is 0.117. The first kappa shape index (κ1) is 26.2. The lowest BCUT2D eigenvalue weighted by molar-refractivity contribution is -0.149. The molecule has 0 bridgehead atoms. The molecule has 27 heavy (non-hydrogen) atoms. The van der Waals surface area contributed by atoms with Crippen molar-refractivity contribution in [1.29, 1.82) is 0 Å². The Kier molecular flexibility index (Phi) is 18.0. The maximum atomic E-state index is 11.9. The first-order valence-electron chi connectivity index (χ1n) is 11.5. The first-order valence-corrected chi connectivity index (χ1v) is 11.5. The molecule has 0 heterocycles. The van der Waals surface area contributed by atoms with Crippen LogP contribution in [0.4, 0.5) is 0 Å². The molecule has 0 rings (SSSR count). The smallest absolute Gasteiger partial charge is 0.308 e. The number of allylic oxidation sites excluding steroid dienone is 1. The third-order valence-corrected chi connectivity index (χ3v) is 5.16. The Labute approximate surface area is 169 Å². The Balaban J connectivity index is 3.51. The molecule has 0 saturated heterocycles. The molecule has 1 N–H and O–H groups in total. The third kappa shape index (κ3) is 19.7. The molecule has 0 aromatic carbocycles. The van der Waals surface area contributed by atoms with Crippen LogP contribution in [0.2, 0.25) is 0 Å². The summed E-state index contributed by atoms with van der Waals surface area (Å²) in [5, 5.41) is 10.4. The predicted octanol–water partition coefficient (Wildman–Crippen LogP) is 7.12. The highest BCUT2D eigenvalue weighted by atomic mass is 16.5. The Bertz CT molecular complexity index is 350. The topological polar surface area (TPSA) is 46.5 Å². The van der Waals surface area contributed by atoms with Gasteiger partial charge in [-0.1, -0.05) is 90.0 Å². The van der Waals surface area contributed by atoms with Gasteiger partial charge in [0.05, 0.1) is 18.6 Å². The summed E-state index contributed by atoms with van der Waals surface area (Å²) in [5.74, 6) is -0.257. The zero-order valence-corrected chi connectivity index (χ0v) is 18.3. The lowest BCUT2D eigenvalue weighted by Gasteiger charge is -2.22. The fourth-order valence-electron chi connectivity index (χ4n) is 3.37. The van der Waals surface area contributed by atoms with Crippen molar-refractivity contribution in [2.24, 2.45) is 0 Å². The van der Waals surface area contributed by atoms with E-state index >= 15 is 0 Å². The van der Waals surface area contributed by atoms with Crippen molar-refractivity contribution in [3.63, 3.8) is 0 Å². The van der Waals surface area contributed by atoms with Crippen LogP contribution in [-0.2, 0) is 9.53 Å². The summed E-state index contributed by atoms with van der Waals surface area (Å²) in [5.41, 5.74) is -0.925. The number of ether oxygens (including phenoxy) is 1. The maximum Gasteiger partial charge on any atom is 0.308 e. The molecular weight excluding hydrogens is 336 g/mol. The molecule has 160 valence electrons. The number of aliphatic hydroxyl groups is 1. The van der Waals surface area contributed by atoms with Crippen molar-refractivity contribution in [1.82, 2.24) is 0 Å². The quantitative estimate of drug-likeness (QED) is 0.138. The monoisotopic (exact) mass is 382 g/mol. The predicted molar refractivity (Wildman–Crippen MR) is 116 cm³/mol. The van der Waals surface area contributed by atoms with Crippen LogP contribution in [0.3, 0.4) is 0 Å². The minimum Gasteiger partial charge on any atom is -0.466 e. The number of unbranched alkanes of at least 4 members (excludes halogenated alkanes) is 13. The van der Waals surface area contributed by atoms with E-state index < -0.39 is 5.60 Å². The van der Waals surface area contributed by atoms with E-state index in [4.69, 9.17) is 4.74 Å². The molecule has 0 amide bonds. The van der Waals surface area contributed by atoms with Gasteiger partial charge < -0.3 is 9.84 Å². The molecule has 0 aliphatic heterocycles. The zero-order valence-electron chi connectivity index (χ0n) is 18.3. The molecule has 0 saturated carbocycles. The molecule has 0 aliphatic rings. The summed E-state index contributed by atoms with van der Waals surface area (Å²) in [6.07, 6.45) is 20.8. The van der Waals surface area contributed by atoms with Crippen molar-refractivity contribution in [3.05, 3.63) is 12.7 Å². The average Bonchev–Trinajstić information content (AvgIpc) is 2.62. The van der Waals surface area contributed by atoms with Crippen LogP contribution >= 0.6 is 0 Å². The summed E-state index contributed by atoms with van der Waals surface area (Å²) in [6.45, 7) is 8.21. The van der Waals surface area contributed by atoms with Gasteiger partial charge in [-0.25, -0.2) is 0 Å². The van der Waals surface area contributed by atoms with Gasteiger partial charge in [-0.05, 0) is 32.6 Å². The minimum atomic E-state index is -0.925. The number of rotatable bonds is 20. The molecule has 0 spiro atoms. The highest BCUT2D eigenvalue weighted by Gasteiger charge is 2.24. The Hall–Kier alpha value is -0.830. The first-order chi connectivity index (χ1) is 13.0. The van der Waals surface area contributed by atoms with Crippen molar-refractivity contribution < 1.29 is 14.6 Å². The molecule has 0 aromatic rings. The highest BCUT2D eigenvalue weighted by molar-refractivity contribution is 5.70. The van der Waals surface area contributed by atoms with Crippen LogP contribution < -0.4 is 0 Å². The van der Waals surface area contributed by atoms with Crippen molar-refractivity contribution in [2.75, 3.05) is 6.61 Å². The normalized spacial score (nSPS) is 13.3. The summed E-state index contributed by atoms with van der Waals surface area (Å²) in [6, 6.07) is 0. The highest BCUT2D eigenvalue weighted by Crippen LogP contribution is 2.20. The molecule has 3 nitrogen and oxygen atoms in total. The van der Waals surface area contributed by atoms with Crippen LogP contribution in [0, 0.1) is 0 Å². The average molecular weight is 383 g/mol. The van der Waals surface area contributed by atoms with Crippen LogP contribution in [-0.4, -0.2) is 23.3 Å². The Morgan fingerprint density at radius 2 is 1.41 bits per heavy atom. The fraction of sp³-hybridized carbons (Fsp3) is 0.875. The lowest BCUT2D eigenvalue weighted by atomic mass is 9.94. The molecule has 1 atom stereocenters. The molecule has 3 heteroatoms. The van der Waals surface area contributed by atoms with Crippen molar-refractivity contribution in [2.45, 2.75) is 129 Å². The standard InChI is InChI=1S/C24H46O3/c1-4-6-8-10-12-13-15-17-19-21-27-23(25)22-24(3,26)20-18-16-14-11-9-7-5-2/h4,26H,1,5-22H2,2-3H3. The van der Waals surface area contributed by atoms with E-state index in [1.807, 2.05) is 6.08 Å². The van der Waals surface area contributed by atoms with E-state index in [1.165, 1.54) is 64.2 Å². The van der Waals surface area contributed by atoms with Gasteiger partial charge in [0.1, 0.15) is 0 Å². The van der Waals surface area contributed by atoms with E-state index in [0.717, 1.165) is 32.1 Å². The Morgan fingerprint density at radius 3 is 2.00 bits per heavy atom. The summed E-state index contributed by atoms with van der Waals surface area (Å²) in [7, 11) is 0. The summed E-state index contributed by atoms with van der Waals surface area (Å²) < 4.78 is 5.30. The molecule has 0 fully saturated rings. The molecule has 0 aliphatic carbocycles. The third-order valence-electron chi connectivity index (χ3n) is 5.16. The number of esters is 1. The van der Waals surface area contributed by atoms with Crippen LogP contribution in [0.25, 0.3) is 0 Å². The van der Waals surface area contributed by atoms with Gasteiger partial charge in [-0.2, -0.15) is 0 Å².